The van der Waals surface area contributed by atoms with E-state index in [0.717, 1.165) is 58.1 Å². The summed E-state index contributed by atoms with van der Waals surface area (Å²) >= 11 is 0. The van der Waals surface area contributed by atoms with E-state index < -0.39 is 0 Å². The molecular weight excluding hydrogens is 412 g/mol. The Morgan fingerprint density at radius 2 is 1.82 bits per heavy atom. The molecule has 2 saturated heterocycles. The number of aromatic amines is 2. The SMILES string of the molecule is COCc1ccc2c(-c3nc4ccc(N5CCC(N6CCCCC6)CC5)cc4[nH]3)n[nH]c2c1. The Bertz CT molecular complexity index is 1250. The molecule has 172 valence electrons. The predicted octanol–water partition coefficient (Wildman–Crippen LogP) is 4.71. The Morgan fingerprint density at radius 3 is 2.64 bits per heavy atom. The zero-order chi connectivity index (χ0) is 22.2. The van der Waals surface area contributed by atoms with Crippen LogP contribution in [0.1, 0.15) is 37.7 Å². The van der Waals surface area contributed by atoms with Crippen LogP contribution < -0.4 is 4.90 Å². The van der Waals surface area contributed by atoms with Crippen molar-refractivity contribution in [3.05, 3.63) is 42.0 Å². The maximum Gasteiger partial charge on any atom is 0.159 e. The van der Waals surface area contributed by atoms with Crippen molar-refractivity contribution in [2.45, 2.75) is 44.8 Å². The van der Waals surface area contributed by atoms with Crippen LogP contribution in [0.25, 0.3) is 33.5 Å². The number of anilines is 1. The van der Waals surface area contributed by atoms with E-state index in [2.05, 4.69) is 61.4 Å². The third-order valence-electron chi connectivity index (χ3n) is 7.36. The minimum Gasteiger partial charge on any atom is -0.380 e. The minimum absolute atomic E-state index is 0.590. The van der Waals surface area contributed by atoms with E-state index in [4.69, 9.17) is 9.72 Å². The zero-order valence-electron chi connectivity index (χ0n) is 19.3. The summed E-state index contributed by atoms with van der Waals surface area (Å²) in [6, 6.07) is 13.6. The van der Waals surface area contributed by atoms with Gasteiger partial charge in [-0.1, -0.05) is 18.6 Å². The maximum atomic E-state index is 5.25. The number of hydrogen-bond acceptors (Lipinski definition) is 5. The van der Waals surface area contributed by atoms with E-state index in [1.54, 1.807) is 7.11 Å². The van der Waals surface area contributed by atoms with Gasteiger partial charge in [-0.3, -0.25) is 5.10 Å². The summed E-state index contributed by atoms with van der Waals surface area (Å²) < 4.78 is 5.25. The van der Waals surface area contributed by atoms with Crippen LogP contribution >= 0.6 is 0 Å². The van der Waals surface area contributed by atoms with Gasteiger partial charge in [-0.15, -0.1) is 0 Å². The summed E-state index contributed by atoms with van der Waals surface area (Å²) in [7, 11) is 1.71. The van der Waals surface area contributed by atoms with Crippen molar-refractivity contribution in [2.75, 3.05) is 38.2 Å². The number of ether oxygens (including phenoxy) is 1. The number of H-pyrrole nitrogens is 2. The molecule has 0 saturated carbocycles. The average Bonchev–Trinajstić information content (AvgIpc) is 3.48. The molecule has 0 radical (unpaired) electrons. The summed E-state index contributed by atoms with van der Waals surface area (Å²) in [6.45, 7) is 5.43. The summed E-state index contributed by atoms with van der Waals surface area (Å²) in [4.78, 5) is 13.6. The van der Waals surface area contributed by atoms with Crippen molar-refractivity contribution in [3.8, 4) is 11.5 Å². The topological polar surface area (TPSA) is 73.1 Å². The fourth-order valence-corrected chi connectivity index (χ4v) is 5.58. The number of benzene rings is 2. The highest BCUT2D eigenvalue weighted by atomic mass is 16.5. The van der Waals surface area contributed by atoms with E-state index in [0.29, 0.717) is 6.61 Å². The van der Waals surface area contributed by atoms with Crippen LogP contribution in [0.5, 0.6) is 0 Å². The highest BCUT2D eigenvalue weighted by Crippen LogP contribution is 2.30. The number of nitrogens with one attached hydrogen (secondary N) is 2. The lowest BCUT2D eigenvalue weighted by molar-refractivity contribution is 0.141. The molecule has 2 aromatic carbocycles. The molecule has 7 heteroatoms. The molecule has 2 aliphatic heterocycles. The summed E-state index contributed by atoms with van der Waals surface area (Å²) in [5, 5.41) is 8.76. The number of aromatic nitrogens is 4. The molecule has 0 atom stereocenters. The van der Waals surface area contributed by atoms with Gasteiger partial charge in [0.25, 0.3) is 0 Å². The lowest BCUT2D eigenvalue weighted by atomic mass is 9.99. The largest absolute Gasteiger partial charge is 0.380 e. The summed E-state index contributed by atoms with van der Waals surface area (Å²) in [5.74, 6) is 0.802. The standard InChI is InChI=1S/C26H32N6O/c1-33-17-18-5-7-21-23(15-18)29-30-25(21)26-27-22-8-6-20(16-24(22)28-26)32-13-9-19(10-14-32)31-11-3-2-4-12-31/h5-8,15-16,19H,2-4,9-14,17H2,1H3,(H,27,28)(H,29,30). The molecule has 2 aliphatic rings. The predicted molar refractivity (Wildman–Crippen MR) is 133 cm³/mol. The van der Waals surface area contributed by atoms with E-state index in [1.165, 1.54) is 50.9 Å². The van der Waals surface area contributed by atoms with Crippen molar-refractivity contribution in [1.82, 2.24) is 25.1 Å². The molecule has 4 aromatic rings. The van der Waals surface area contributed by atoms with Crippen LogP contribution in [0.2, 0.25) is 0 Å². The van der Waals surface area contributed by atoms with Crippen molar-refractivity contribution < 1.29 is 4.74 Å². The third-order valence-corrected chi connectivity index (χ3v) is 7.36. The third kappa shape index (κ3) is 4.00. The monoisotopic (exact) mass is 444 g/mol. The van der Waals surface area contributed by atoms with E-state index in [9.17, 15) is 0 Å². The van der Waals surface area contributed by atoms with Gasteiger partial charge in [0.05, 0.1) is 23.2 Å². The number of nitrogens with zero attached hydrogens (tertiary/aromatic N) is 4. The van der Waals surface area contributed by atoms with Crippen molar-refractivity contribution >= 4 is 27.6 Å². The highest BCUT2D eigenvalue weighted by molar-refractivity contribution is 5.93. The van der Waals surface area contributed by atoms with E-state index in [-0.39, 0.29) is 0 Å². The Labute approximate surface area is 194 Å². The van der Waals surface area contributed by atoms with Gasteiger partial charge in [-0.2, -0.15) is 5.10 Å². The van der Waals surface area contributed by atoms with Crippen LogP contribution in [0.4, 0.5) is 5.69 Å². The Morgan fingerprint density at radius 1 is 0.970 bits per heavy atom. The van der Waals surface area contributed by atoms with Crippen LogP contribution in [0, 0.1) is 0 Å². The van der Waals surface area contributed by atoms with Gasteiger partial charge in [0.2, 0.25) is 0 Å². The lowest BCUT2D eigenvalue weighted by Gasteiger charge is -2.41. The molecular formula is C26H32N6O. The number of imidazole rings is 1. The number of fused-ring (bicyclic) bond motifs is 2. The van der Waals surface area contributed by atoms with Crippen molar-refractivity contribution in [2.24, 2.45) is 0 Å². The molecule has 0 aliphatic carbocycles. The van der Waals surface area contributed by atoms with Crippen LogP contribution in [0.3, 0.4) is 0 Å². The first-order valence-corrected chi connectivity index (χ1v) is 12.2. The van der Waals surface area contributed by atoms with Crippen LogP contribution in [-0.4, -0.2) is 64.4 Å². The number of likely N-dealkylation sites (tertiary alicyclic amines) is 1. The Hall–Kier alpha value is -2.90. The molecule has 0 amide bonds. The quantitative estimate of drug-likeness (QED) is 0.467. The van der Waals surface area contributed by atoms with Gasteiger partial charge in [-0.25, -0.2) is 4.98 Å². The van der Waals surface area contributed by atoms with Crippen LogP contribution in [-0.2, 0) is 11.3 Å². The fourth-order valence-electron chi connectivity index (χ4n) is 5.58. The second-order valence-corrected chi connectivity index (χ2v) is 9.49. The number of piperidine rings is 2. The minimum atomic E-state index is 0.590. The number of hydrogen-bond donors (Lipinski definition) is 2. The van der Waals surface area contributed by atoms with Gasteiger partial charge in [0, 0.05) is 37.3 Å². The average molecular weight is 445 g/mol. The maximum absolute atomic E-state index is 5.25. The van der Waals surface area contributed by atoms with E-state index >= 15 is 0 Å². The molecule has 4 heterocycles. The number of methoxy groups -OCH3 is 1. The second kappa shape index (κ2) is 8.80. The molecule has 6 rings (SSSR count). The first-order chi connectivity index (χ1) is 16.3. The molecule has 2 N–H and O–H groups in total. The fraction of sp³-hybridized carbons (Fsp3) is 0.462. The second-order valence-electron chi connectivity index (χ2n) is 9.49. The van der Waals surface area contributed by atoms with Gasteiger partial charge >= 0.3 is 0 Å². The summed E-state index contributed by atoms with van der Waals surface area (Å²) in [6.07, 6.45) is 6.68. The molecule has 2 aromatic heterocycles. The summed E-state index contributed by atoms with van der Waals surface area (Å²) in [5.41, 5.74) is 6.30. The zero-order valence-corrected chi connectivity index (χ0v) is 19.3. The van der Waals surface area contributed by atoms with Gasteiger partial charge < -0.3 is 19.5 Å². The van der Waals surface area contributed by atoms with Gasteiger partial charge in [-0.05, 0) is 68.6 Å². The molecule has 33 heavy (non-hydrogen) atoms. The van der Waals surface area contributed by atoms with Gasteiger partial charge in [0.1, 0.15) is 5.69 Å². The smallest absolute Gasteiger partial charge is 0.159 e. The molecule has 0 unspecified atom stereocenters. The van der Waals surface area contributed by atoms with Gasteiger partial charge in [0.15, 0.2) is 5.82 Å². The molecule has 2 fully saturated rings. The molecule has 7 nitrogen and oxygen atoms in total. The first-order valence-electron chi connectivity index (χ1n) is 12.2. The molecule has 0 spiro atoms. The Kier molecular flexibility index (Phi) is 5.52. The van der Waals surface area contributed by atoms with Crippen molar-refractivity contribution in [1.29, 1.82) is 0 Å². The Balaban J connectivity index is 1.21. The van der Waals surface area contributed by atoms with Crippen molar-refractivity contribution in [3.63, 3.8) is 0 Å². The highest BCUT2D eigenvalue weighted by Gasteiger charge is 2.26. The molecule has 0 bridgehead atoms. The number of rotatable bonds is 5. The first kappa shape index (κ1) is 20.7. The lowest BCUT2D eigenvalue weighted by Crippen LogP contribution is -2.46. The van der Waals surface area contributed by atoms with E-state index in [1.807, 2.05) is 0 Å². The normalized spacial score (nSPS) is 18.5. The van der Waals surface area contributed by atoms with Crippen LogP contribution in [0.15, 0.2) is 36.4 Å².